The van der Waals surface area contributed by atoms with Crippen LogP contribution >= 0.6 is 11.8 Å². The standard InChI is InChI=1S/C35H40N4O6S/c1-39-18-17-36-35(39)46-23-30-20-31(27-11-9-24(22-40)10-12-27)45-34(44-30)28-15-13-26(14-16-28)29-6-4-5-25(19-29)21-37-32(41)7-2-3-8-33(42)38-43/h4-6,9-19,30-31,34,40,43H,2-3,7-8,20-23H2,1H3,(H,37,41)(H,38,42). The number of aliphatic hydroxyl groups is 1. The molecule has 4 N–H and O–H groups in total. The van der Waals surface area contributed by atoms with Crippen LogP contribution in [0, 0.1) is 0 Å². The van der Waals surface area contributed by atoms with Crippen molar-refractivity contribution in [3.63, 3.8) is 0 Å². The van der Waals surface area contributed by atoms with Crippen LogP contribution in [0.1, 0.15) is 66.8 Å². The fourth-order valence-electron chi connectivity index (χ4n) is 5.29. The first-order valence-corrected chi connectivity index (χ1v) is 16.4. The molecule has 5 rings (SSSR count). The first-order valence-electron chi connectivity index (χ1n) is 15.4. The highest BCUT2D eigenvalue weighted by Crippen LogP contribution is 2.39. The number of unbranched alkanes of at least 4 members (excludes halogenated alkanes) is 1. The van der Waals surface area contributed by atoms with Gasteiger partial charge in [0.15, 0.2) is 11.4 Å². The lowest BCUT2D eigenvalue weighted by Crippen LogP contribution is -2.31. The lowest BCUT2D eigenvalue weighted by molar-refractivity contribution is -0.245. The van der Waals surface area contributed by atoms with Crippen molar-refractivity contribution in [2.24, 2.45) is 7.05 Å². The van der Waals surface area contributed by atoms with Gasteiger partial charge in [0, 0.05) is 56.6 Å². The molecule has 3 atom stereocenters. The topological polar surface area (TPSA) is 135 Å². The molecule has 1 aliphatic heterocycles. The lowest BCUT2D eigenvalue weighted by atomic mass is 9.99. The molecule has 0 spiro atoms. The Balaban J connectivity index is 1.22. The molecule has 11 heteroatoms. The number of aryl methyl sites for hydroxylation is 1. The monoisotopic (exact) mass is 644 g/mol. The van der Waals surface area contributed by atoms with E-state index in [1.807, 2.05) is 72.4 Å². The largest absolute Gasteiger partial charge is 0.392 e. The second kappa shape index (κ2) is 16.5. The smallest absolute Gasteiger partial charge is 0.243 e. The zero-order valence-electron chi connectivity index (χ0n) is 25.8. The van der Waals surface area contributed by atoms with Gasteiger partial charge in [0.1, 0.15) is 0 Å². The Morgan fingerprint density at radius 1 is 0.935 bits per heavy atom. The molecule has 10 nitrogen and oxygen atoms in total. The van der Waals surface area contributed by atoms with Crippen LogP contribution in [0.4, 0.5) is 0 Å². The van der Waals surface area contributed by atoms with E-state index in [0.29, 0.717) is 32.2 Å². The Labute approximate surface area is 273 Å². The molecule has 1 saturated heterocycles. The number of thioether (sulfide) groups is 1. The van der Waals surface area contributed by atoms with Gasteiger partial charge < -0.3 is 24.5 Å². The van der Waals surface area contributed by atoms with Crippen molar-refractivity contribution in [2.75, 3.05) is 5.75 Å². The third-order valence-electron chi connectivity index (χ3n) is 7.91. The fraction of sp³-hybridized carbons (Fsp3) is 0.343. The highest BCUT2D eigenvalue weighted by atomic mass is 32.2. The van der Waals surface area contributed by atoms with Gasteiger partial charge >= 0.3 is 0 Å². The Hall–Kier alpha value is -4.00. The van der Waals surface area contributed by atoms with Crippen LogP contribution in [0.15, 0.2) is 90.3 Å². The number of hydroxylamine groups is 1. The van der Waals surface area contributed by atoms with Crippen LogP contribution in [-0.4, -0.2) is 43.5 Å². The number of ether oxygens (including phenoxy) is 2. The summed E-state index contributed by atoms with van der Waals surface area (Å²) >= 11 is 1.66. The van der Waals surface area contributed by atoms with Gasteiger partial charge in [-0.15, -0.1) is 0 Å². The average molecular weight is 645 g/mol. The zero-order valence-corrected chi connectivity index (χ0v) is 26.6. The molecule has 46 heavy (non-hydrogen) atoms. The highest BCUT2D eigenvalue weighted by molar-refractivity contribution is 7.99. The average Bonchev–Trinajstić information content (AvgIpc) is 3.52. The molecule has 242 valence electrons. The van der Waals surface area contributed by atoms with Crippen molar-refractivity contribution < 1.29 is 29.4 Å². The van der Waals surface area contributed by atoms with Crippen molar-refractivity contribution in [3.05, 3.63) is 107 Å². The zero-order chi connectivity index (χ0) is 32.3. The Morgan fingerprint density at radius 2 is 1.67 bits per heavy atom. The first-order chi connectivity index (χ1) is 22.4. The molecule has 2 heterocycles. The van der Waals surface area contributed by atoms with Crippen LogP contribution in [0.3, 0.4) is 0 Å². The molecule has 3 aromatic carbocycles. The molecule has 2 amide bonds. The SMILES string of the molecule is Cn1ccnc1SCC1CC(c2ccc(CO)cc2)OC(c2ccc(-c3cccc(CNC(=O)CCCCC(=O)NO)c3)cc2)O1. The number of benzene rings is 3. The minimum Gasteiger partial charge on any atom is -0.392 e. The number of aromatic nitrogens is 2. The minimum absolute atomic E-state index is 0.000583. The number of rotatable bonds is 14. The van der Waals surface area contributed by atoms with Gasteiger partial charge in [0.2, 0.25) is 11.8 Å². The number of hydrogen-bond donors (Lipinski definition) is 4. The summed E-state index contributed by atoms with van der Waals surface area (Å²) in [5, 5.41) is 21.9. The van der Waals surface area contributed by atoms with E-state index in [0.717, 1.165) is 44.3 Å². The number of nitrogens with zero attached hydrogens (tertiary/aromatic N) is 2. The van der Waals surface area contributed by atoms with Crippen LogP contribution in [0.25, 0.3) is 11.1 Å². The number of carbonyl (C=O) groups excluding carboxylic acids is 2. The molecule has 0 bridgehead atoms. The van der Waals surface area contributed by atoms with E-state index in [1.165, 1.54) is 0 Å². The predicted molar refractivity (Wildman–Crippen MR) is 174 cm³/mol. The van der Waals surface area contributed by atoms with Crippen LogP contribution in [0.2, 0.25) is 0 Å². The fourth-order valence-corrected chi connectivity index (χ4v) is 6.24. The second-order valence-electron chi connectivity index (χ2n) is 11.3. The molecule has 0 aliphatic carbocycles. The molecule has 0 radical (unpaired) electrons. The van der Waals surface area contributed by atoms with E-state index in [2.05, 4.69) is 28.5 Å². The van der Waals surface area contributed by atoms with Crippen molar-refractivity contribution in [2.45, 2.75) is 68.9 Å². The van der Waals surface area contributed by atoms with Crippen molar-refractivity contribution in [1.29, 1.82) is 0 Å². The highest BCUT2D eigenvalue weighted by Gasteiger charge is 2.32. The number of imidazole rings is 1. The Kier molecular flexibility index (Phi) is 12.0. The van der Waals surface area contributed by atoms with Crippen LogP contribution in [-0.2, 0) is 39.3 Å². The predicted octanol–water partition coefficient (Wildman–Crippen LogP) is 5.60. The van der Waals surface area contributed by atoms with Gasteiger partial charge in [-0.05, 0) is 46.7 Å². The summed E-state index contributed by atoms with van der Waals surface area (Å²) in [5.41, 5.74) is 7.48. The van der Waals surface area contributed by atoms with E-state index in [4.69, 9.17) is 14.7 Å². The van der Waals surface area contributed by atoms with E-state index in [1.54, 1.807) is 23.4 Å². The number of nitrogens with one attached hydrogen (secondary N) is 2. The van der Waals surface area contributed by atoms with Gasteiger partial charge in [-0.25, -0.2) is 10.5 Å². The molecule has 3 unspecified atom stereocenters. The third kappa shape index (κ3) is 9.27. The summed E-state index contributed by atoms with van der Waals surface area (Å²) in [6.07, 6.45) is 5.28. The van der Waals surface area contributed by atoms with Crippen molar-refractivity contribution >= 4 is 23.6 Å². The molecular weight excluding hydrogens is 604 g/mol. The van der Waals surface area contributed by atoms with Gasteiger partial charge in [-0.3, -0.25) is 14.8 Å². The lowest BCUT2D eigenvalue weighted by Gasteiger charge is -2.36. The second-order valence-corrected chi connectivity index (χ2v) is 12.3. The third-order valence-corrected chi connectivity index (χ3v) is 9.10. The first kappa shape index (κ1) is 33.4. The molecule has 4 aromatic rings. The Bertz CT molecular complexity index is 1580. The number of amides is 2. The van der Waals surface area contributed by atoms with Crippen molar-refractivity contribution in [1.82, 2.24) is 20.3 Å². The van der Waals surface area contributed by atoms with Crippen LogP contribution < -0.4 is 10.8 Å². The Morgan fingerprint density at radius 3 is 2.37 bits per heavy atom. The van der Waals surface area contributed by atoms with Gasteiger partial charge in [0.25, 0.3) is 0 Å². The van der Waals surface area contributed by atoms with Crippen molar-refractivity contribution in [3.8, 4) is 11.1 Å². The summed E-state index contributed by atoms with van der Waals surface area (Å²) in [7, 11) is 1.98. The molecule has 1 fully saturated rings. The normalized spacial score (nSPS) is 17.8. The summed E-state index contributed by atoms with van der Waals surface area (Å²) < 4.78 is 15.0. The van der Waals surface area contributed by atoms with Crippen LogP contribution in [0.5, 0.6) is 0 Å². The van der Waals surface area contributed by atoms with Gasteiger partial charge in [-0.1, -0.05) is 78.5 Å². The summed E-state index contributed by atoms with van der Waals surface area (Å²) in [6, 6.07) is 24.1. The maximum atomic E-state index is 12.3. The molecular formula is C35H40N4O6S. The van der Waals surface area contributed by atoms with E-state index in [-0.39, 0.29) is 31.1 Å². The molecule has 1 aromatic heterocycles. The molecule has 1 aliphatic rings. The van der Waals surface area contributed by atoms with E-state index in [9.17, 15) is 14.7 Å². The number of aliphatic hydroxyl groups excluding tert-OH is 1. The van der Waals surface area contributed by atoms with E-state index < -0.39 is 12.2 Å². The molecule has 0 saturated carbocycles. The summed E-state index contributed by atoms with van der Waals surface area (Å²) in [4.78, 5) is 27.8. The van der Waals surface area contributed by atoms with Gasteiger partial charge in [0.05, 0.1) is 18.8 Å². The summed E-state index contributed by atoms with van der Waals surface area (Å²) in [5.74, 6) is 0.210. The maximum absolute atomic E-state index is 12.3. The summed E-state index contributed by atoms with van der Waals surface area (Å²) in [6.45, 7) is 0.406. The quantitative estimate of drug-likeness (QED) is 0.0603. The maximum Gasteiger partial charge on any atom is 0.243 e. The number of carbonyl (C=O) groups is 2. The van der Waals surface area contributed by atoms with Gasteiger partial charge in [-0.2, -0.15) is 0 Å². The minimum atomic E-state index is -0.545. The van der Waals surface area contributed by atoms with E-state index >= 15 is 0 Å². The number of hydrogen-bond acceptors (Lipinski definition) is 8.